The molecular formula is C12H20N2O2. The Morgan fingerprint density at radius 3 is 2.56 bits per heavy atom. The van der Waals surface area contributed by atoms with Gasteiger partial charge in [-0.2, -0.15) is 5.10 Å². The molecule has 1 aromatic heterocycles. The summed E-state index contributed by atoms with van der Waals surface area (Å²) in [5.41, 5.74) is -0.737. The zero-order valence-corrected chi connectivity index (χ0v) is 10.2. The van der Waals surface area contributed by atoms with E-state index in [1.54, 1.807) is 16.9 Å². The minimum absolute atomic E-state index is 0.219. The highest BCUT2D eigenvalue weighted by Gasteiger charge is 2.34. The summed E-state index contributed by atoms with van der Waals surface area (Å²) < 4.78 is 1.67. The molecule has 0 amide bonds. The number of hydrogen-bond donors (Lipinski definition) is 1. The molecule has 1 aromatic rings. The maximum absolute atomic E-state index is 12.2. The fourth-order valence-corrected chi connectivity index (χ4v) is 1.73. The van der Waals surface area contributed by atoms with Gasteiger partial charge < -0.3 is 5.11 Å². The van der Waals surface area contributed by atoms with Crippen molar-refractivity contribution >= 4 is 5.78 Å². The molecule has 1 rings (SSSR count). The van der Waals surface area contributed by atoms with Crippen LogP contribution in [0.3, 0.4) is 0 Å². The maximum Gasteiger partial charge on any atom is 0.212 e. The van der Waals surface area contributed by atoms with Gasteiger partial charge in [-0.05, 0) is 25.3 Å². The fraction of sp³-hybridized carbons (Fsp3) is 0.667. The smallest absolute Gasteiger partial charge is 0.212 e. The van der Waals surface area contributed by atoms with E-state index in [4.69, 9.17) is 0 Å². The molecule has 0 bridgehead atoms. The number of Topliss-reactive ketones (excluding diaryl/α,β-unsaturated/α-hetero) is 1. The van der Waals surface area contributed by atoms with Crippen molar-refractivity contribution in [1.82, 2.24) is 9.78 Å². The number of ketones is 1. The van der Waals surface area contributed by atoms with Crippen LogP contribution in [-0.2, 0) is 6.54 Å². The largest absolute Gasteiger partial charge is 0.382 e. The van der Waals surface area contributed by atoms with Crippen molar-refractivity contribution in [2.75, 3.05) is 0 Å². The van der Waals surface area contributed by atoms with Crippen LogP contribution in [0.1, 0.15) is 50.5 Å². The molecule has 0 fully saturated rings. The molecule has 0 atom stereocenters. The maximum atomic E-state index is 12.2. The van der Waals surface area contributed by atoms with Gasteiger partial charge in [0, 0.05) is 12.7 Å². The Morgan fingerprint density at radius 2 is 2.06 bits per heavy atom. The van der Waals surface area contributed by atoms with E-state index in [9.17, 15) is 9.90 Å². The Morgan fingerprint density at radius 1 is 1.44 bits per heavy atom. The molecule has 0 aliphatic heterocycles. The Labute approximate surface area is 96.3 Å². The van der Waals surface area contributed by atoms with Crippen LogP contribution in [0.5, 0.6) is 0 Å². The number of rotatable bonds is 6. The zero-order chi connectivity index (χ0) is 12.2. The zero-order valence-electron chi connectivity index (χ0n) is 10.2. The van der Waals surface area contributed by atoms with Crippen LogP contribution in [0.15, 0.2) is 12.3 Å². The predicted octanol–water partition coefficient (Wildman–Crippen LogP) is 2.03. The van der Waals surface area contributed by atoms with E-state index in [2.05, 4.69) is 5.10 Å². The van der Waals surface area contributed by atoms with Crippen LogP contribution in [0.4, 0.5) is 0 Å². The standard InChI is InChI=1S/C12H20N2O2/c1-4-9-14-10(7-8-13-14)11(15)12(16,5-2)6-3/h7-8,16H,4-6,9H2,1-3H3. The third-order valence-electron chi connectivity index (χ3n) is 2.98. The fourth-order valence-electron chi connectivity index (χ4n) is 1.73. The molecule has 0 aromatic carbocycles. The highest BCUT2D eigenvalue weighted by molar-refractivity contribution is 6.00. The number of nitrogens with zero attached hydrogens (tertiary/aromatic N) is 2. The lowest BCUT2D eigenvalue weighted by atomic mass is 9.90. The summed E-state index contributed by atoms with van der Waals surface area (Å²) in [6.45, 7) is 6.38. The van der Waals surface area contributed by atoms with Crippen molar-refractivity contribution in [3.05, 3.63) is 18.0 Å². The van der Waals surface area contributed by atoms with Crippen LogP contribution >= 0.6 is 0 Å². The Bertz CT molecular complexity index is 354. The van der Waals surface area contributed by atoms with E-state index in [1.807, 2.05) is 20.8 Å². The average molecular weight is 224 g/mol. The Hall–Kier alpha value is -1.16. The molecule has 16 heavy (non-hydrogen) atoms. The third-order valence-corrected chi connectivity index (χ3v) is 2.98. The SMILES string of the molecule is CCCn1nccc1C(=O)C(O)(CC)CC. The lowest BCUT2D eigenvalue weighted by Gasteiger charge is -2.23. The van der Waals surface area contributed by atoms with Crippen LogP contribution < -0.4 is 0 Å². The molecule has 0 saturated carbocycles. The molecular weight excluding hydrogens is 204 g/mol. The van der Waals surface area contributed by atoms with Crippen LogP contribution in [0.2, 0.25) is 0 Å². The van der Waals surface area contributed by atoms with Gasteiger partial charge in [0.05, 0.1) is 0 Å². The molecule has 0 unspecified atom stereocenters. The number of aromatic nitrogens is 2. The minimum atomic E-state index is -1.24. The van der Waals surface area contributed by atoms with Crippen molar-refractivity contribution < 1.29 is 9.90 Å². The second-order valence-corrected chi connectivity index (χ2v) is 4.01. The van der Waals surface area contributed by atoms with Crippen molar-refractivity contribution in [3.8, 4) is 0 Å². The first-order valence-electron chi connectivity index (χ1n) is 5.88. The average Bonchev–Trinajstić information content (AvgIpc) is 2.75. The van der Waals surface area contributed by atoms with Crippen molar-refractivity contribution in [2.45, 2.75) is 52.2 Å². The van der Waals surface area contributed by atoms with Gasteiger partial charge in [0.1, 0.15) is 11.3 Å². The first kappa shape index (κ1) is 12.9. The van der Waals surface area contributed by atoms with E-state index < -0.39 is 5.60 Å². The molecule has 0 saturated heterocycles. The van der Waals surface area contributed by atoms with E-state index in [1.165, 1.54) is 0 Å². The van der Waals surface area contributed by atoms with Crippen molar-refractivity contribution in [3.63, 3.8) is 0 Å². The second kappa shape index (κ2) is 5.25. The second-order valence-electron chi connectivity index (χ2n) is 4.01. The predicted molar refractivity (Wildman–Crippen MR) is 62.4 cm³/mol. The molecule has 1 heterocycles. The monoisotopic (exact) mass is 224 g/mol. The minimum Gasteiger partial charge on any atom is -0.382 e. The molecule has 90 valence electrons. The van der Waals surface area contributed by atoms with E-state index in [-0.39, 0.29) is 5.78 Å². The van der Waals surface area contributed by atoms with E-state index >= 15 is 0 Å². The van der Waals surface area contributed by atoms with Crippen LogP contribution in [0, 0.1) is 0 Å². The van der Waals surface area contributed by atoms with Crippen molar-refractivity contribution in [2.24, 2.45) is 0 Å². The molecule has 1 N–H and O–H groups in total. The van der Waals surface area contributed by atoms with Gasteiger partial charge in [-0.1, -0.05) is 20.8 Å². The first-order chi connectivity index (χ1) is 7.59. The normalized spacial score (nSPS) is 11.8. The number of aryl methyl sites for hydroxylation is 1. The lowest BCUT2D eigenvalue weighted by molar-refractivity contribution is 0.0267. The molecule has 0 aliphatic carbocycles. The summed E-state index contributed by atoms with van der Waals surface area (Å²) in [5.74, 6) is -0.219. The van der Waals surface area contributed by atoms with E-state index in [0.29, 0.717) is 25.1 Å². The van der Waals surface area contributed by atoms with Crippen LogP contribution in [-0.4, -0.2) is 26.3 Å². The Balaban J connectivity index is 2.99. The number of hydrogen-bond acceptors (Lipinski definition) is 3. The molecule has 0 aliphatic rings. The highest BCUT2D eigenvalue weighted by Crippen LogP contribution is 2.21. The quantitative estimate of drug-likeness (QED) is 0.752. The number of aliphatic hydroxyl groups is 1. The Kier molecular flexibility index (Phi) is 4.24. The van der Waals surface area contributed by atoms with Gasteiger partial charge >= 0.3 is 0 Å². The lowest BCUT2D eigenvalue weighted by Crippen LogP contribution is -2.38. The topological polar surface area (TPSA) is 55.1 Å². The van der Waals surface area contributed by atoms with E-state index in [0.717, 1.165) is 6.42 Å². The van der Waals surface area contributed by atoms with Gasteiger partial charge in [-0.15, -0.1) is 0 Å². The highest BCUT2D eigenvalue weighted by atomic mass is 16.3. The molecule has 4 nitrogen and oxygen atoms in total. The first-order valence-corrected chi connectivity index (χ1v) is 5.88. The molecule has 0 spiro atoms. The number of carbonyl (C=O) groups excluding carboxylic acids is 1. The van der Waals surface area contributed by atoms with Gasteiger partial charge in [-0.3, -0.25) is 9.48 Å². The van der Waals surface area contributed by atoms with Gasteiger partial charge in [0.15, 0.2) is 0 Å². The summed E-state index contributed by atoms with van der Waals surface area (Å²) in [5, 5.41) is 14.3. The van der Waals surface area contributed by atoms with Crippen LogP contribution in [0.25, 0.3) is 0 Å². The summed E-state index contributed by atoms with van der Waals surface area (Å²) >= 11 is 0. The van der Waals surface area contributed by atoms with Crippen molar-refractivity contribution in [1.29, 1.82) is 0 Å². The van der Waals surface area contributed by atoms with Gasteiger partial charge in [0.2, 0.25) is 5.78 Å². The van der Waals surface area contributed by atoms with Gasteiger partial charge in [-0.25, -0.2) is 0 Å². The summed E-state index contributed by atoms with van der Waals surface area (Å²) in [6, 6.07) is 1.67. The molecule has 0 radical (unpaired) electrons. The summed E-state index contributed by atoms with van der Waals surface area (Å²) in [7, 11) is 0. The third kappa shape index (κ3) is 2.32. The van der Waals surface area contributed by atoms with Gasteiger partial charge in [0.25, 0.3) is 0 Å². The summed E-state index contributed by atoms with van der Waals surface area (Å²) in [6.07, 6.45) is 3.38. The molecule has 4 heteroatoms. The number of carbonyl (C=O) groups is 1. The summed E-state index contributed by atoms with van der Waals surface area (Å²) in [4.78, 5) is 12.2.